The minimum Gasteiger partial charge on any atom is -0.480 e. The summed E-state index contributed by atoms with van der Waals surface area (Å²) < 4.78 is 39.1. The van der Waals surface area contributed by atoms with Crippen LogP contribution in [0.1, 0.15) is 23.0 Å². The molecule has 3 heterocycles. The molecule has 14 heteroatoms. The van der Waals surface area contributed by atoms with Crippen molar-refractivity contribution in [2.75, 3.05) is 20.2 Å². The molecule has 0 saturated carbocycles. The lowest BCUT2D eigenvalue weighted by Crippen LogP contribution is -2.43. The number of halogens is 4. The van der Waals surface area contributed by atoms with Gasteiger partial charge in [0.2, 0.25) is 0 Å². The number of rotatable bonds is 6. The topological polar surface area (TPSA) is 113 Å². The van der Waals surface area contributed by atoms with Crippen LogP contribution in [0.15, 0.2) is 50.7 Å². The van der Waals surface area contributed by atoms with Crippen molar-refractivity contribution >= 4 is 56.8 Å². The van der Waals surface area contributed by atoms with Gasteiger partial charge in [0.25, 0.3) is 5.92 Å². The van der Waals surface area contributed by atoms with Gasteiger partial charge in [0.05, 0.1) is 19.4 Å². The maximum Gasteiger partial charge on any atom is 0.513 e. The van der Waals surface area contributed by atoms with Crippen molar-refractivity contribution in [3.8, 4) is 0 Å². The Morgan fingerprint density at radius 3 is 2.83 bits per heavy atom. The van der Waals surface area contributed by atoms with E-state index in [0.29, 0.717) is 20.1 Å². The molecule has 4 rings (SSSR count). The molecule has 1 saturated heterocycles. The van der Waals surface area contributed by atoms with Gasteiger partial charge in [0, 0.05) is 39.6 Å². The predicted octanol–water partition coefficient (Wildman–Crippen LogP) is 4.44. The zero-order valence-corrected chi connectivity index (χ0v) is 21.2. The van der Waals surface area contributed by atoms with E-state index in [9.17, 15) is 23.5 Å². The molecule has 2 atom stereocenters. The van der Waals surface area contributed by atoms with Crippen LogP contribution in [0.4, 0.5) is 13.6 Å². The van der Waals surface area contributed by atoms with E-state index in [-0.39, 0.29) is 23.8 Å². The highest BCUT2D eigenvalue weighted by atomic mass is 79.9. The summed E-state index contributed by atoms with van der Waals surface area (Å²) in [6.07, 6.45) is -0.331. The smallest absolute Gasteiger partial charge is 0.480 e. The number of aliphatic carboxylic acids is 1. The first kappa shape index (κ1) is 25.5. The monoisotopic (exact) mass is 590 g/mol. The maximum atomic E-state index is 14.2. The first-order chi connectivity index (χ1) is 16.6. The highest BCUT2D eigenvalue weighted by Gasteiger charge is 2.49. The third-order valence-electron chi connectivity index (χ3n) is 5.34. The molecule has 0 bridgehead atoms. The van der Waals surface area contributed by atoms with Crippen LogP contribution in [-0.2, 0) is 14.3 Å². The van der Waals surface area contributed by atoms with E-state index in [4.69, 9.17) is 16.3 Å². The number of methoxy groups -OCH3 is 1. The van der Waals surface area contributed by atoms with Crippen molar-refractivity contribution < 1.29 is 33.0 Å². The molecule has 2 aromatic rings. The highest BCUT2D eigenvalue weighted by molar-refractivity contribution is 9.10. The summed E-state index contributed by atoms with van der Waals surface area (Å²) in [5.41, 5.74) is 0.617. The van der Waals surface area contributed by atoms with Crippen LogP contribution in [0, 0.1) is 0 Å². The van der Waals surface area contributed by atoms with Gasteiger partial charge in [-0.3, -0.25) is 9.69 Å². The van der Waals surface area contributed by atoms with E-state index in [1.165, 1.54) is 11.3 Å². The molecule has 9 nitrogen and oxygen atoms in total. The Hall–Kier alpha value is -2.61. The van der Waals surface area contributed by atoms with Crippen molar-refractivity contribution in [2.45, 2.75) is 24.4 Å². The number of alkyl halides is 2. The van der Waals surface area contributed by atoms with E-state index in [1.54, 1.807) is 29.8 Å². The van der Waals surface area contributed by atoms with E-state index in [1.807, 2.05) is 0 Å². The Kier molecular flexibility index (Phi) is 7.40. The summed E-state index contributed by atoms with van der Waals surface area (Å²) in [6, 6.07) is 2.62. The van der Waals surface area contributed by atoms with Gasteiger partial charge in [0.1, 0.15) is 12.1 Å². The quantitative estimate of drug-likeness (QED) is 0.474. The van der Waals surface area contributed by atoms with Gasteiger partial charge in [-0.1, -0.05) is 33.6 Å². The fourth-order valence-electron chi connectivity index (χ4n) is 3.84. The summed E-state index contributed by atoms with van der Waals surface area (Å²) in [6.45, 7) is -1.08. The Labute approximate surface area is 215 Å². The first-order valence-electron chi connectivity index (χ1n) is 10.1. The number of amidine groups is 1. The standard InChI is InChI=1S/C21H18BrClF2N4O5S/c1-33-20(32)34-16-13(8-29-9-21(24,25)7-14(29)19(30)31)27-17(18-26-4-5-35-18)28-15(16)11-3-2-10(22)6-12(11)23/h2-6,14-15H,7-9H2,1H3,(H,27,28)(H,30,31)/t14-,15+/m0/s1. The molecular weight excluding hydrogens is 574 g/mol. The third-order valence-corrected chi connectivity index (χ3v) is 6.94. The van der Waals surface area contributed by atoms with E-state index < -0.39 is 43.1 Å². The van der Waals surface area contributed by atoms with Gasteiger partial charge in [-0.2, -0.15) is 0 Å². The minimum absolute atomic E-state index is 0.0549. The molecule has 2 aliphatic heterocycles. The number of hydrogen-bond donors (Lipinski definition) is 2. The van der Waals surface area contributed by atoms with Crippen molar-refractivity contribution in [2.24, 2.45) is 4.99 Å². The summed E-state index contributed by atoms with van der Waals surface area (Å²) in [7, 11) is 1.12. The molecule has 0 radical (unpaired) electrons. The number of carbonyl (C=O) groups excluding carboxylic acids is 1. The van der Waals surface area contributed by atoms with Gasteiger partial charge in [0.15, 0.2) is 16.6 Å². The number of benzene rings is 1. The molecule has 1 aromatic heterocycles. The Morgan fingerprint density at radius 1 is 1.43 bits per heavy atom. The minimum atomic E-state index is -3.19. The average Bonchev–Trinajstić information content (AvgIpc) is 3.42. The van der Waals surface area contributed by atoms with E-state index in [0.717, 1.165) is 12.0 Å². The fourth-order valence-corrected chi connectivity index (χ4v) is 5.20. The molecule has 0 spiro atoms. The molecule has 2 N–H and O–H groups in total. The number of thiazole rings is 1. The first-order valence-corrected chi connectivity index (χ1v) is 12.2. The molecule has 1 aromatic carbocycles. The van der Waals surface area contributed by atoms with Crippen LogP contribution in [0.2, 0.25) is 5.02 Å². The third kappa shape index (κ3) is 5.63. The van der Waals surface area contributed by atoms with Crippen molar-refractivity contribution in [3.05, 3.63) is 61.3 Å². The Bertz CT molecular complexity index is 1210. The SMILES string of the molecule is COC(=O)OC1=C(CN2CC(F)(F)C[C@H]2C(=O)O)NC(c2nccs2)=N[C@@H]1c1ccc(Br)cc1Cl. The Balaban J connectivity index is 1.82. The number of nitrogens with zero attached hydrogens (tertiary/aromatic N) is 3. The number of aromatic nitrogens is 1. The van der Waals surface area contributed by atoms with Crippen LogP contribution in [0.3, 0.4) is 0 Å². The van der Waals surface area contributed by atoms with Crippen LogP contribution in [0.5, 0.6) is 0 Å². The second-order valence-electron chi connectivity index (χ2n) is 7.73. The zero-order valence-electron chi connectivity index (χ0n) is 18.0. The van der Waals surface area contributed by atoms with Crippen molar-refractivity contribution in [1.29, 1.82) is 0 Å². The average molecular weight is 592 g/mol. The molecule has 35 heavy (non-hydrogen) atoms. The molecule has 2 aliphatic rings. The molecule has 0 unspecified atom stereocenters. The second kappa shape index (κ2) is 10.2. The molecular formula is C21H18BrClF2N4O5S. The van der Waals surface area contributed by atoms with Gasteiger partial charge >= 0.3 is 12.1 Å². The van der Waals surface area contributed by atoms with Crippen LogP contribution in [0.25, 0.3) is 0 Å². The zero-order chi connectivity index (χ0) is 25.3. The van der Waals surface area contributed by atoms with Gasteiger partial charge in [-0.05, 0) is 12.1 Å². The van der Waals surface area contributed by atoms with Crippen LogP contribution in [-0.4, -0.2) is 65.1 Å². The number of carboxylic acid groups (broad SMARTS) is 1. The Morgan fingerprint density at radius 2 is 2.20 bits per heavy atom. The molecule has 1 fully saturated rings. The second-order valence-corrected chi connectivity index (χ2v) is 9.94. The van der Waals surface area contributed by atoms with Gasteiger partial charge < -0.3 is 19.9 Å². The predicted molar refractivity (Wildman–Crippen MR) is 127 cm³/mol. The normalized spacial score (nSPS) is 21.9. The molecule has 186 valence electrons. The summed E-state index contributed by atoms with van der Waals surface area (Å²) >= 11 is 11.1. The fraction of sp³-hybridized carbons (Fsp3) is 0.333. The lowest BCUT2D eigenvalue weighted by Gasteiger charge is -2.30. The van der Waals surface area contributed by atoms with E-state index >= 15 is 0 Å². The molecule has 0 amide bonds. The highest BCUT2D eigenvalue weighted by Crippen LogP contribution is 2.39. The number of carboxylic acids is 1. The lowest BCUT2D eigenvalue weighted by atomic mass is 10.0. The van der Waals surface area contributed by atoms with Crippen LogP contribution >= 0.6 is 38.9 Å². The van der Waals surface area contributed by atoms with Gasteiger partial charge in [-0.15, -0.1) is 11.3 Å². The van der Waals surface area contributed by atoms with Gasteiger partial charge in [-0.25, -0.2) is 23.6 Å². The summed E-state index contributed by atoms with van der Waals surface area (Å²) in [5.74, 6) is -4.34. The van der Waals surface area contributed by atoms with Crippen molar-refractivity contribution in [3.63, 3.8) is 0 Å². The summed E-state index contributed by atoms with van der Waals surface area (Å²) in [5, 5.41) is 15.0. The molecule has 0 aliphatic carbocycles. The lowest BCUT2D eigenvalue weighted by molar-refractivity contribution is -0.142. The summed E-state index contributed by atoms with van der Waals surface area (Å²) in [4.78, 5) is 33.8. The van der Waals surface area contributed by atoms with Crippen molar-refractivity contribution in [1.82, 2.24) is 15.2 Å². The maximum absolute atomic E-state index is 14.2. The number of ether oxygens (including phenoxy) is 2. The number of carbonyl (C=O) groups is 2. The number of nitrogens with one attached hydrogen (secondary N) is 1. The number of aliphatic imine (C=N–C) groups is 1. The number of likely N-dealkylation sites (tertiary alicyclic amines) is 1. The van der Waals surface area contributed by atoms with E-state index in [2.05, 4.69) is 36.0 Å². The van der Waals surface area contributed by atoms with Crippen LogP contribution < -0.4 is 5.32 Å². The number of hydrogen-bond acceptors (Lipinski definition) is 9. The largest absolute Gasteiger partial charge is 0.513 e.